The van der Waals surface area contributed by atoms with Crippen molar-refractivity contribution in [3.05, 3.63) is 0 Å². The predicted octanol–water partition coefficient (Wildman–Crippen LogP) is 0.996. The second kappa shape index (κ2) is 4.04. The van der Waals surface area contributed by atoms with Crippen LogP contribution in [0, 0.1) is 5.41 Å². The summed E-state index contributed by atoms with van der Waals surface area (Å²) in [6.45, 7) is 1.84. The van der Waals surface area contributed by atoms with Crippen molar-refractivity contribution in [2.45, 2.75) is 44.1 Å². The molecule has 0 aromatic heterocycles. The highest BCUT2D eigenvalue weighted by Gasteiger charge is 2.52. The first kappa shape index (κ1) is 11.4. The Morgan fingerprint density at radius 1 is 1.13 bits per heavy atom. The minimum atomic E-state index is -0.642. The van der Waals surface area contributed by atoms with E-state index in [0.717, 1.165) is 45.2 Å². The first-order chi connectivity index (χ1) is 7.12. The van der Waals surface area contributed by atoms with Crippen LogP contribution in [0.15, 0.2) is 0 Å². The number of likely N-dealkylation sites (N-methyl/N-ethyl adjacent to an activating group) is 1. The van der Waals surface area contributed by atoms with Gasteiger partial charge >= 0.3 is 0 Å². The van der Waals surface area contributed by atoms with Gasteiger partial charge < -0.3 is 15.1 Å². The zero-order chi connectivity index (χ0) is 10.9. The van der Waals surface area contributed by atoms with Gasteiger partial charge in [-0.05, 0) is 26.3 Å². The molecular formula is C12H23NO2. The molecule has 0 bridgehead atoms. The molecule has 2 aliphatic rings. The largest absolute Gasteiger partial charge is 0.396 e. The lowest BCUT2D eigenvalue weighted by Crippen LogP contribution is -2.53. The highest BCUT2D eigenvalue weighted by Crippen LogP contribution is 2.48. The molecule has 1 atom stereocenters. The first-order valence-corrected chi connectivity index (χ1v) is 6.14. The molecule has 15 heavy (non-hydrogen) atoms. The first-order valence-electron chi connectivity index (χ1n) is 6.14. The van der Waals surface area contributed by atoms with Crippen molar-refractivity contribution in [1.29, 1.82) is 0 Å². The van der Waals surface area contributed by atoms with Crippen LogP contribution in [-0.4, -0.2) is 47.5 Å². The predicted molar refractivity (Wildman–Crippen MR) is 59.7 cm³/mol. The van der Waals surface area contributed by atoms with Crippen LogP contribution in [0.4, 0.5) is 0 Å². The molecule has 2 N–H and O–H groups in total. The second-order valence-corrected chi connectivity index (χ2v) is 5.52. The van der Waals surface area contributed by atoms with Crippen LogP contribution in [0.2, 0.25) is 0 Å². The molecule has 1 heterocycles. The molecule has 0 spiro atoms. The Bertz CT molecular complexity index is 226. The van der Waals surface area contributed by atoms with E-state index in [4.69, 9.17) is 0 Å². The molecule has 88 valence electrons. The maximum absolute atomic E-state index is 10.7. The van der Waals surface area contributed by atoms with Crippen LogP contribution < -0.4 is 0 Å². The van der Waals surface area contributed by atoms with Crippen molar-refractivity contribution in [3.8, 4) is 0 Å². The third-order valence-corrected chi connectivity index (χ3v) is 4.54. The minimum absolute atomic E-state index is 0.150. The molecule has 3 heteroatoms. The van der Waals surface area contributed by atoms with E-state index in [2.05, 4.69) is 4.90 Å². The number of hydrogen-bond donors (Lipinski definition) is 2. The molecule has 0 aromatic rings. The summed E-state index contributed by atoms with van der Waals surface area (Å²) in [7, 11) is 2.05. The Morgan fingerprint density at radius 3 is 2.27 bits per heavy atom. The van der Waals surface area contributed by atoms with E-state index >= 15 is 0 Å². The number of aliphatic hydroxyl groups is 2. The number of hydrogen-bond acceptors (Lipinski definition) is 3. The molecule has 0 radical (unpaired) electrons. The third-order valence-electron chi connectivity index (χ3n) is 4.54. The average Bonchev–Trinajstić information content (AvgIpc) is 2.61. The van der Waals surface area contributed by atoms with Gasteiger partial charge in [-0.2, -0.15) is 0 Å². The van der Waals surface area contributed by atoms with Crippen LogP contribution in [0.5, 0.6) is 0 Å². The molecule has 1 saturated carbocycles. The van der Waals surface area contributed by atoms with Crippen molar-refractivity contribution < 1.29 is 10.2 Å². The van der Waals surface area contributed by atoms with Crippen LogP contribution in [0.1, 0.15) is 38.5 Å². The normalized spacial score (nSPS) is 37.0. The topological polar surface area (TPSA) is 43.7 Å². The van der Waals surface area contributed by atoms with Gasteiger partial charge in [0.25, 0.3) is 0 Å². The van der Waals surface area contributed by atoms with E-state index in [1.54, 1.807) is 0 Å². The molecular weight excluding hydrogens is 190 g/mol. The van der Waals surface area contributed by atoms with Gasteiger partial charge in [0.15, 0.2) is 0 Å². The van der Waals surface area contributed by atoms with Gasteiger partial charge in [0.2, 0.25) is 0 Å². The maximum atomic E-state index is 10.7. The summed E-state index contributed by atoms with van der Waals surface area (Å²) in [6.07, 6.45) is 6.39. The van der Waals surface area contributed by atoms with E-state index < -0.39 is 5.60 Å². The van der Waals surface area contributed by atoms with Crippen molar-refractivity contribution in [2.24, 2.45) is 5.41 Å². The Hall–Kier alpha value is -0.120. The average molecular weight is 213 g/mol. The molecule has 2 rings (SSSR count). The lowest BCUT2D eigenvalue weighted by Gasteiger charge is -2.46. The lowest BCUT2D eigenvalue weighted by molar-refractivity contribution is -0.119. The molecule has 3 nitrogen and oxygen atoms in total. The van der Waals surface area contributed by atoms with Gasteiger partial charge in [-0.1, -0.05) is 19.3 Å². The van der Waals surface area contributed by atoms with Gasteiger partial charge in [-0.15, -0.1) is 0 Å². The summed E-state index contributed by atoms with van der Waals surface area (Å²) >= 11 is 0. The van der Waals surface area contributed by atoms with Gasteiger partial charge in [0.05, 0.1) is 12.2 Å². The summed E-state index contributed by atoms with van der Waals surface area (Å²) in [5.74, 6) is 0. The third kappa shape index (κ3) is 1.81. The highest BCUT2D eigenvalue weighted by atomic mass is 16.3. The Balaban J connectivity index is 2.17. The number of nitrogens with zero attached hydrogens (tertiary/aromatic N) is 1. The monoisotopic (exact) mass is 213 g/mol. The summed E-state index contributed by atoms with van der Waals surface area (Å²) in [5.41, 5.74) is -0.854. The number of β-amino-alcohol motifs (C(OH)–C–C–N with tert-alkyl or cyclic N) is 1. The standard InChI is InChI=1S/C12H23NO2/c1-13-8-7-12(15,9-13)11(10-14)5-3-2-4-6-11/h14-15H,2-10H2,1H3. The van der Waals surface area contributed by atoms with Crippen LogP contribution in [-0.2, 0) is 0 Å². The number of aliphatic hydroxyl groups excluding tert-OH is 1. The highest BCUT2D eigenvalue weighted by molar-refractivity contribution is 5.04. The van der Waals surface area contributed by atoms with Gasteiger partial charge in [-0.3, -0.25) is 0 Å². The Kier molecular flexibility index (Phi) is 3.06. The Labute approximate surface area is 92.1 Å². The van der Waals surface area contributed by atoms with Crippen molar-refractivity contribution in [3.63, 3.8) is 0 Å². The van der Waals surface area contributed by atoms with Crippen molar-refractivity contribution in [1.82, 2.24) is 4.90 Å². The quantitative estimate of drug-likeness (QED) is 0.719. The summed E-state index contributed by atoms with van der Waals surface area (Å²) in [5, 5.41) is 20.4. The van der Waals surface area contributed by atoms with E-state index in [0.29, 0.717) is 0 Å². The van der Waals surface area contributed by atoms with Crippen LogP contribution >= 0.6 is 0 Å². The van der Waals surface area contributed by atoms with E-state index in [9.17, 15) is 10.2 Å². The Morgan fingerprint density at radius 2 is 1.80 bits per heavy atom. The second-order valence-electron chi connectivity index (χ2n) is 5.52. The van der Waals surface area contributed by atoms with E-state index in [1.807, 2.05) is 7.05 Å². The van der Waals surface area contributed by atoms with E-state index in [1.165, 1.54) is 6.42 Å². The zero-order valence-electron chi connectivity index (χ0n) is 9.71. The summed E-state index contributed by atoms with van der Waals surface area (Å²) in [6, 6.07) is 0. The lowest BCUT2D eigenvalue weighted by atomic mass is 9.63. The molecule has 0 amide bonds. The van der Waals surface area contributed by atoms with E-state index in [-0.39, 0.29) is 12.0 Å². The van der Waals surface area contributed by atoms with Gasteiger partial charge in [0.1, 0.15) is 0 Å². The van der Waals surface area contributed by atoms with Crippen LogP contribution in [0.25, 0.3) is 0 Å². The van der Waals surface area contributed by atoms with Crippen LogP contribution in [0.3, 0.4) is 0 Å². The molecule has 1 aliphatic heterocycles. The minimum Gasteiger partial charge on any atom is -0.396 e. The summed E-state index contributed by atoms with van der Waals surface area (Å²) in [4.78, 5) is 2.17. The molecule has 1 aliphatic carbocycles. The van der Waals surface area contributed by atoms with Crippen molar-refractivity contribution >= 4 is 0 Å². The molecule has 1 unspecified atom stereocenters. The molecule has 1 saturated heterocycles. The molecule has 0 aromatic carbocycles. The fraction of sp³-hybridized carbons (Fsp3) is 1.00. The van der Waals surface area contributed by atoms with Crippen molar-refractivity contribution in [2.75, 3.05) is 26.7 Å². The van der Waals surface area contributed by atoms with Gasteiger partial charge in [-0.25, -0.2) is 0 Å². The SMILES string of the molecule is CN1CCC(O)(C2(CO)CCCCC2)C1. The summed E-state index contributed by atoms with van der Waals surface area (Å²) < 4.78 is 0. The number of rotatable bonds is 2. The number of likely N-dealkylation sites (tertiary alicyclic amines) is 1. The maximum Gasteiger partial charge on any atom is 0.0863 e. The van der Waals surface area contributed by atoms with Gasteiger partial charge in [0, 0.05) is 18.5 Å². The molecule has 2 fully saturated rings. The smallest absolute Gasteiger partial charge is 0.0863 e. The fourth-order valence-corrected chi connectivity index (χ4v) is 3.41. The fourth-order valence-electron chi connectivity index (χ4n) is 3.41. The zero-order valence-corrected chi connectivity index (χ0v) is 9.71.